The summed E-state index contributed by atoms with van der Waals surface area (Å²) in [5, 5.41) is 3.39. The number of para-hydroxylation sites is 1. The molecule has 2 aromatic carbocycles. The highest BCUT2D eigenvalue weighted by atomic mass is 35.5. The van der Waals surface area contributed by atoms with Crippen LogP contribution in [-0.2, 0) is 9.59 Å². The molecule has 2 aromatic rings. The van der Waals surface area contributed by atoms with Crippen LogP contribution in [0.5, 0.6) is 11.5 Å². The van der Waals surface area contributed by atoms with Gasteiger partial charge in [-0.1, -0.05) is 29.8 Å². The second-order valence-electron chi connectivity index (χ2n) is 6.72. The van der Waals surface area contributed by atoms with E-state index in [4.69, 9.17) is 16.3 Å². The molecule has 1 heterocycles. The number of carbonyl (C=O) groups is 2. The second-order valence-corrected chi connectivity index (χ2v) is 7.16. The van der Waals surface area contributed by atoms with E-state index < -0.39 is 0 Å². The van der Waals surface area contributed by atoms with Crippen molar-refractivity contribution < 1.29 is 14.3 Å². The van der Waals surface area contributed by atoms with Gasteiger partial charge >= 0.3 is 0 Å². The first kappa shape index (κ1) is 16.9. The maximum absolute atomic E-state index is 12.7. The summed E-state index contributed by atoms with van der Waals surface area (Å²) in [6.45, 7) is 0.491. The smallest absolute Gasteiger partial charge is 0.229 e. The van der Waals surface area contributed by atoms with Crippen LogP contribution in [0.2, 0.25) is 5.02 Å². The average Bonchev–Trinajstić information content (AvgIpc) is 3.40. The van der Waals surface area contributed by atoms with Gasteiger partial charge in [0.1, 0.15) is 5.75 Å². The van der Waals surface area contributed by atoms with Gasteiger partial charge in [0.2, 0.25) is 11.8 Å². The van der Waals surface area contributed by atoms with Crippen LogP contribution in [0.1, 0.15) is 19.3 Å². The molecule has 0 aromatic heterocycles. The first-order valence-corrected chi connectivity index (χ1v) is 9.11. The van der Waals surface area contributed by atoms with Gasteiger partial charge in [0.15, 0.2) is 5.75 Å². The Balaban J connectivity index is 1.49. The van der Waals surface area contributed by atoms with E-state index in [0.717, 1.165) is 12.8 Å². The third-order valence-corrected chi connectivity index (χ3v) is 4.92. The van der Waals surface area contributed by atoms with Crippen LogP contribution in [0, 0.1) is 5.92 Å². The topological polar surface area (TPSA) is 58.6 Å². The third-order valence-electron chi connectivity index (χ3n) is 4.69. The van der Waals surface area contributed by atoms with Gasteiger partial charge in [-0.15, -0.1) is 0 Å². The van der Waals surface area contributed by atoms with Crippen molar-refractivity contribution in [2.75, 3.05) is 11.9 Å². The largest absolute Gasteiger partial charge is 0.455 e. The van der Waals surface area contributed by atoms with Crippen molar-refractivity contribution in [2.24, 2.45) is 5.92 Å². The predicted molar refractivity (Wildman–Crippen MR) is 99.4 cm³/mol. The van der Waals surface area contributed by atoms with Crippen LogP contribution in [0.3, 0.4) is 0 Å². The molecule has 4 rings (SSSR count). The van der Waals surface area contributed by atoms with Gasteiger partial charge < -0.3 is 15.0 Å². The van der Waals surface area contributed by atoms with Gasteiger partial charge in [-0.3, -0.25) is 9.59 Å². The van der Waals surface area contributed by atoms with Gasteiger partial charge in [-0.05, 0) is 43.2 Å². The molecule has 1 saturated carbocycles. The van der Waals surface area contributed by atoms with Crippen molar-refractivity contribution in [3.05, 3.63) is 53.6 Å². The minimum absolute atomic E-state index is 0.0690. The van der Waals surface area contributed by atoms with Gasteiger partial charge in [-0.2, -0.15) is 0 Å². The molecule has 5 nitrogen and oxygen atoms in total. The zero-order valence-electron chi connectivity index (χ0n) is 14.2. The number of likely N-dealkylation sites (tertiary alicyclic amines) is 1. The lowest BCUT2D eigenvalue weighted by atomic mass is 10.1. The number of halogens is 1. The summed E-state index contributed by atoms with van der Waals surface area (Å²) in [6, 6.07) is 14.8. The number of hydrogen-bond acceptors (Lipinski definition) is 3. The minimum Gasteiger partial charge on any atom is -0.455 e. The molecule has 1 N–H and O–H groups in total. The highest BCUT2D eigenvalue weighted by molar-refractivity contribution is 6.31. The van der Waals surface area contributed by atoms with Crippen molar-refractivity contribution in [3.8, 4) is 11.5 Å². The maximum atomic E-state index is 12.7. The fourth-order valence-corrected chi connectivity index (χ4v) is 3.36. The van der Waals surface area contributed by atoms with Crippen molar-refractivity contribution in [2.45, 2.75) is 25.3 Å². The molecule has 1 aliphatic carbocycles. The Labute approximate surface area is 156 Å². The number of nitrogens with zero attached hydrogens (tertiary/aromatic N) is 1. The number of benzene rings is 2. The number of ether oxygens (including phenoxy) is 1. The molecule has 26 heavy (non-hydrogen) atoms. The Morgan fingerprint density at radius 2 is 1.92 bits per heavy atom. The molecule has 0 unspecified atom stereocenters. The van der Waals surface area contributed by atoms with Crippen LogP contribution in [-0.4, -0.2) is 29.3 Å². The Morgan fingerprint density at radius 3 is 2.65 bits per heavy atom. The minimum atomic E-state index is -0.341. The molecule has 2 fully saturated rings. The summed E-state index contributed by atoms with van der Waals surface area (Å²) in [5.41, 5.74) is 0.503. The Kier molecular flexibility index (Phi) is 4.55. The van der Waals surface area contributed by atoms with Crippen LogP contribution in [0.4, 0.5) is 5.69 Å². The quantitative estimate of drug-likeness (QED) is 0.862. The molecule has 1 atom stereocenters. The predicted octanol–water partition coefficient (Wildman–Crippen LogP) is 4.08. The zero-order valence-corrected chi connectivity index (χ0v) is 14.9. The van der Waals surface area contributed by atoms with E-state index in [9.17, 15) is 9.59 Å². The van der Waals surface area contributed by atoms with E-state index in [1.807, 2.05) is 35.2 Å². The first-order valence-electron chi connectivity index (χ1n) is 8.73. The van der Waals surface area contributed by atoms with Crippen LogP contribution < -0.4 is 10.1 Å². The Hall–Kier alpha value is -2.53. The molecule has 0 radical (unpaired) electrons. The highest BCUT2D eigenvalue weighted by Crippen LogP contribution is 2.35. The number of anilines is 1. The van der Waals surface area contributed by atoms with E-state index in [1.165, 1.54) is 0 Å². The van der Waals surface area contributed by atoms with E-state index >= 15 is 0 Å². The number of amides is 2. The summed E-state index contributed by atoms with van der Waals surface area (Å²) < 4.78 is 5.87. The molecule has 1 saturated heterocycles. The molecule has 2 aliphatic rings. The number of hydrogen-bond donors (Lipinski definition) is 1. The highest BCUT2D eigenvalue weighted by Gasteiger charge is 2.41. The molecule has 6 heteroatoms. The van der Waals surface area contributed by atoms with Gasteiger partial charge in [0.25, 0.3) is 0 Å². The lowest BCUT2D eigenvalue weighted by Gasteiger charge is -2.16. The van der Waals surface area contributed by atoms with Crippen molar-refractivity contribution >= 4 is 29.1 Å². The number of rotatable bonds is 5. The number of nitrogens with one attached hydrogen (secondary N) is 1. The second kappa shape index (κ2) is 7.00. The van der Waals surface area contributed by atoms with E-state index in [0.29, 0.717) is 34.8 Å². The first-order chi connectivity index (χ1) is 12.6. The van der Waals surface area contributed by atoms with Crippen molar-refractivity contribution in [1.82, 2.24) is 4.90 Å². The lowest BCUT2D eigenvalue weighted by molar-refractivity contribution is -0.128. The summed E-state index contributed by atoms with van der Waals surface area (Å²) in [4.78, 5) is 26.6. The standard InChI is InChI=1S/C20H19ClN2O3/c21-14-6-9-18(26-16-4-2-1-3-5-16)17(11-14)22-20(25)13-10-19(24)23(12-13)15-7-8-15/h1-6,9,11,13,15H,7-8,10,12H2,(H,22,25)/t13-/m0/s1. The van der Waals surface area contributed by atoms with E-state index in [-0.39, 0.29) is 24.2 Å². The molecule has 1 aliphatic heterocycles. The summed E-state index contributed by atoms with van der Waals surface area (Å²) in [7, 11) is 0. The molecule has 0 spiro atoms. The van der Waals surface area contributed by atoms with Crippen LogP contribution in [0.15, 0.2) is 48.5 Å². The molecule has 2 amide bonds. The van der Waals surface area contributed by atoms with Crippen LogP contribution in [0.25, 0.3) is 0 Å². The average molecular weight is 371 g/mol. The van der Waals surface area contributed by atoms with E-state index in [2.05, 4.69) is 5.32 Å². The number of carbonyl (C=O) groups excluding carboxylic acids is 2. The van der Waals surface area contributed by atoms with Gasteiger partial charge in [0, 0.05) is 24.0 Å². The van der Waals surface area contributed by atoms with Gasteiger partial charge in [0.05, 0.1) is 11.6 Å². The van der Waals surface area contributed by atoms with Gasteiger partial charge in [-0.25, -0.2) is 0 Å². The summed E-state index contributed by atoms with van der Waals surface area (Å²) in [6.07, 6.45) is 2.35. The summed E-state index contributed by atoms with van der Waals surface area (Å²) in [5.74, 6) is 0.728. The van der Waals surface area contributed by atoms with Crippen molar-refractivity contribution in [1.29, 1.82) is 0 Å². The fraction of sp³-hybridized carbons (Fsp3) is 0.300. The summed E-state index contributed by atoms with van der Waals surface area (Å²) >= 11 is 6.09. The SMILES string of the molecule is O=C(Nc1cc(Cl)ccc1Oc1ccccc1)[C@H]1CC(=O)N(C2CC2)C1. The monoisotopic (exact) mass is 370 g/mol. The third kappa shape index (κ3) is 3.68. The van der Waals surface area contributed by atoms with Crippen LogP contribution >= 0.6 is 11.6 Å². The fourth-order valence-electron chi connectivity index (χ4n) is 3.19. The van der Waals surface area contributed by atoms with E-state index in [1.54, 1.807) is 18.2 Å². The normalized spacial score (nSPS) is 19.5. The molecular formula is C20H19ClN2O3. The molecular weight excluding hydrogens is 352 g/mol. The lowest BCUT2D eigenvalue weighted by Crippen LogP contribution is -2.29. The maximum Gasteiger partial charge on any atom is 0.229 e. The zero-order chi connectivity index (χ0) is 18.1. The molecule has 0 bridgehead atoms. The Bertz CT molecular complexity index is 836. The Morgan fingerprint density at radius 1 is 1.15 bits per heavy atom. The van der Waals surface area contributed by atoms with Crippen molar-refractivity contribution in [3.63, 3.8) is 0 Å². The molecule has 134 valence electrons.